The zero-order valence-electron chi connectivity index (χ0n) is 19.9. The Labute approximate surface area is 214 Å². The fraction of sp³-hybridized carbons (Fsp3) is 0.440. The van der Waals surface area contributed by atoms with E-state index in [1.807, 2.05) is 24.3 Å². The van der Waals surface area contributed by atoms with Crippen molar-refractivity contribution in [2.45, 2.75) is 57.7 Å². The number of amides is 2. The lowest BCUT2D eigenvalue weighted by atomic mass is 9.95. The molecule has 2 amide bonds. The van der Waals surface area contributed by atoms with E-state index in [4.69, 9.17) is 0 Å². The van der Waals surface area contributed by atoms with Crippen LogP contribution in [0.15, 0.2) is 53.0 Å². The highest BCUT2D eigenvalue weighted by molar-refractivity contribution is 9.10. The first-order valence-electron chi connectivity index (χ1n) is 11.6. The molecular weight excluding hydrogens is 537 g/mol. The van der Waals surface area contributed by atoms with E-state index in [0.717, 1.165) is 58.8 Å². The first-order valence-corrected chi connectivity index (χ1v) is 14.3. The number of halogens is 2. The van der Waals surface area contributed by atoms with Crippen molar-refractivity contribution in [3.8, 4) is 0 Å². The summed E-state index contributed by atoms with van der Waals surface area (Å²) in [6.45, 7) is 1.19. The minimum Gasteiger partial charge on any atom is -0.352 e. The number of nitrogens with zero attached hydrogens (tertiary/aromatic N) is 2. The zero-order chi connectivity index (χ0) is 25.6. The molecule has 35 heavy (non-hydrogen) atoms. The van der Waals surface area contributed by atoms with Gasteiger partial charge in [-0.05, 0) is 55.7 Å². The number of carbonyl (C=O) groups excluding carboxylic acids is 2. The molecule has 190 valence electrons. The van der Waals surface area contributed by atoms with Crippen LogP contribution in [0, 0.1) is 5.82 Å². The SMILES string of the molecule is CC(C(=O)NC1CCCCC1)N(Cc1cccc(Br)c1)C(=O)CN(c1cccc(F)c1)S(C)(=O)=O. The minimum absolute atomic E-state index is 0.0440. The second-order valence-corrected chi connectivity index (χ2v) is 11.7. The maximum absolute atomic E-state index is 13.8. The van der Waals surface area contributed by atoms with Crippen LogP contribution in [0.25, 0.3) is 0 Å². The lowest BCUT2D eigenvalue weighted by Crippen LogP contribution is -2.53. The number of nitrogens with one attached hydrogen (secondary N) is 1. The number of sulfonamides is 1. The Morgan fingerprint density at radius 1 is 1.11 bits per heavy atom. The van der Waals surface area contributed by atoms with Crippen molar-refractivity contribution in [1.82, 2.24) is 10.2 Å². The molecule has 3 rings (SSSR count). The number of anilines is 1. The van der Waals surface area contributed by atoms with Gasteiger partial charge in [0, 0.05) is 17.1 Å². The van der Waals surface area contributed by atoms with Gasteiger partial charge in [-0.15, -0.1) is 0 Å². The highest BCUT2D eigenvalue weighted by Gasteiger charge is 2.31. The van der Waals surface area contributed by atoms with Crippen molar-refractivity contribution in [3.63, 3.8) is 0 Å². The summed E-state index contributed by atoms with van der Waals surface area (Å²) in [5.74, 6) is -1.46. The molecule has 0 saturated heterocycles. The summed E-state index contributed by atoms with van der Waals surface area (Å²) in [7, 11) is -3.90. The summed E-state index contributed by atoms with van der Waals surface area (Å²) in [6.07, 6.45) is 6.02. The molecule has 1 atom stereocenters. The fourth-order valence-electron chi connectivity index (χ4n) is 4.23. The van der Waals surface area contributed by atoms with Gasteiger partial charge in [-0.1, -0.05) is 53.4 Å². The molecule has 1 saturated carbocycles. The molecule has 2 aromatic rings. The third kappa shape index (κ3) is 7.76. The van der Waals surface area contributed by atoms with Crippen molar-refractivity contribution in [1.29, 1.82) is 0 Å². The number of benzene rings is 2. The van der Waals surface area contributed by atoms with Gasteiger partial charge in [-0.2, -0.15) is 0 Å². The summed E-state index contributed by atoms with van der Waals surface area (Å²) in [5, 5.41) is 3.05. The van der Waals surface area contributed by atoms with E-state index >= 15 is 0 Å². The second-order valence-electron chi connectivity index (χ2n) is 8.92. The predicted octanol–water partition coefficient (Wildman–Crippen LogP) is 4.22. The fourth-order valence-corrected chi connectivity index (χ4v) is 5.52. The topological polar surface area (TPSA) is 86.8 Å². The van der Waals surface area contributed by atoms with Crippen LogP contribution in [0.3, 0.4) is 0 Å². The molecule has 1 unspecified atom stereocenters. The van der Waals surface area contributed by atoms with E-state index in [1.165, 1.54) is 23.1 Å². The molecule has 1 aliphatic carbocycles. The molecule has 0 bridgehead atoms. The van der Waals surface area contributed by atoms with Crippen LogP contribution in [0.1, 0.15) is 44.6 Å². The number of carbonyl (C=O) groups is 2. The van der Waals surface area contributed by atoms with E-state index in [2.05, 4.69) is 21.2 Å². The van der Waals surface area contributed by atoms with Crippen LogP contribution in [0.4, 0.5) is 10.1 Å². The molecule has 0 radical (unpaired) electrons. The van der Waals surface area contributed by atoms with Gasteiger partial charge in [0.1, 0.15) is 18.4 Å². The standard InChI is InChI=1S/C25H31BrFN3O4S/c1-18(25(32)28-22-11-4-3-5-12-22)29(16-19-8-6-9-20(26)14-19)24(31)17-30(35(2,33)34)23-13-7-10-21(27)15-23/h6-10,13-15,18,22H,3-5,11-12,16-17H2,1-2H3,(H,28,32). The average Bonchev–Trinajstić information content (AvgIpc) is 2.80. The Kier molecular flexibility index (Phi) is 9.29. The highest BCUT2D eigenvalue weighted by Crippen LogP contribution is 2.22. The third-order valence-corrected chi connectivity index (χ3v) is 7.77. The lowest BCUT2D eigenvalue weighted by molar-refractivity contribution is -0.139. The van der Waals surface area contributed by atoms with Crippen LogP contribution >= 0.6 is 15.9 Å². The largest absolute Gasteiger partial charge is 0.352 e. The molecule has 7 nitrogen and oxygen atoms in total. The quantitative estimate of drug-likeness (QED) is 0.491. The Morgan fingerprint density at radius 2 is 1.80 bits per heavy atom. The lowest BCUT2D eigenvalue weighted by Gasteiger charge is -2.33. The maximum Gasteiger partial charge on any atom is 0.244 e. The molecule has 0 aromatic heterocycles. The van der Waals surface area contributed by atoms with Crippen molar-refractivity contribution < 1.29 is 22.4 Å². The van der Waals surface area contributed by atoms with Gasteiger partial charge in [-0.3, -0.25) is 13.9 Å². The number of hydrogen-bond donors (Lipinski definition) is 1. The van der Waals surface area contributed by atoms with E-state index < -0.39 is 34.3 Å². The monoisotopic (exact) mass is 567 g/mol. The van der Waals surface area contributed by atoms with Crippen molar-refractivity contribution in [2.75, 3.05) is 17.1 Å². The normalized spacial score (nSPS) is 15.3. The Balaban J connectivity index is 1.87. The number of rotatable bonds is 9. The van der Waals surface area contributed by atoms with Gasteiger partial charge in [0.15, 0.2) is 0 Å². The van der Waals surface area contributed by atoms with Crippen LogP contribution in [-0.4, -0.2) is 50.0 Å². The van der Waals surface area contributed by atoms with E-state index in [-0.39, 0.29) is 24.2 Å². The Hall–Kier alpha value is -2.46. The molecule has 0 heterocycles. The molecule has 0 spiro atoms. The van der Waals surface area contributed by atoms with Crippen molar-refractivity contribution in [3.05, 3.63) is 64.4 Å². The Bertz CT molecular complexity index is 1150. The van der Waals surface area contributed by atoms with Crippen molar-refractivity contribution in [2.24, 2.45) is 0 Å². The van der Waals surface area contributed by atoms with Gasteiger partial charge < -0.3 is 10.2 Å². The summed E-state index contributed by atoms with van der Waals surface area (Å²) in [4.78, 5) is 28.0. The summed E-state index contributed by atoms with van der Waals surface area (Å²) in [6, 6.07) is 11.6. The van der Waals surface area contributed by atoms with Crippen LogP contribution in [-0.2, 0) is 26.2 Å². The van der Waals surface area contributed by atoms with E-state index in [0.29, 0.717) is 0 Å². The van der Waals surface area contributed by atoms with Crippen LogP contribution < -0.4 is 9.62 Å². The average molecular weight is 569 g/mol. The van der Waals surface area contributed by atoms with Gasteiger partial charge in [0.05, 0.1) is 11.9 Å². The molecule has 1 N–H and O–H groups in total. The summed E-state index contributed by atoms with van der Waals surface area (Å²) in [5.41, 5.74) is 0.823. The zero-order valence-corrected chi connectivity index (χ0v) is 22.3. The van der Waals surface area contributed by atoms with Gasteiger partial charge in [0.2, 0.25) is 21.8 Å². The minimum atomic E-state index is -3.90. The summed E-state index contributed by atoms with van der Waals surface area (Å²) < 4.78 is 40.5. The van der Waals surface area contributed by atoms with E-state index in [1.54, 1.807) is 6.92 Å². The number of hydrogen-bond acceptors (Lipinski definition) is 4. The van der Waals surface area contributed by atoms with Crippen LogP contribution in [0.5, 0.6) is 0 Å². The van der Waals surface area contributed by atoms with Gasteiger partial charge in [0.25, 0.3) is 0 Å². The Morgan fingerprint density at radius 3 is 2.43 bits per heavy atom. The van der Waals surface area contributed by atoms with E-state index in [9.17, 15) is 22.4 Å². The van der Waals surface area contributed by atoms with Crippen molar-refractivity contribution >= 4 is 43.5 Å². The summed E-state index contributed by atoms with van der Waals surface area (Å²) >= 11 is 3.42. The molecule has 1 aliphatic rings. The maximum atomic E-state index is 13.8. The second kappa shape index (κ2) is 12.0. The molecule has 0 aliphatic heterocycles. The molecule has 2 aromatic carbocycles. The smallest absolute Gasteiger partial charge is 0.244 e. The molecule has 1 fully saturated rings. The molecule has 10 heteroatoms. The third-order valence-electron chi connectivity index (χ3n) is 6.14. The highest BCUT2D eigenvalue weighted by atomic mass is 79.9. The first kappa shape index (κ1) is 27.1. The molecular formula is C25H31BrFN3O4S. The van der Waals surface area contributed by atoms with Gasteiger partial charge in [-0.25, -0.2) is 12.8 Å². The first-order chi connectivity index (χ1) is 16.5. The predicted molar refractivity (Wildman–Crippen MR) is 138 cm³/mol. The van der Waals surface area contributed by atoms with Gasteiger partial charge >= 0.3 is 0 Å². The van der Waals surface area contributed by atoms with Crippen LogP contribution in [0.2, 0.25) is 0 Å².